The van der Waals surface area contributed by atoms with Crippen LogP contribution in [0.4, 0.5) is 10.5 Å². The van der Waals surface area contributed by atoms with E-state index in [-0.39, 0.29) is 12.3 Å². The number of carbonyl (C=O) groups excluding carboxylic acids is 2. The van der Waals surface area contributed by atoms with Crippen molar-refractivity contribution in [2.45, 2.75) is 12.5 Å². The van der Waals surface area contributed by atoms with Crippen LogP contribution in [0.2, 0.25) is 0 Å². The monoisotopic (exact) mass is 290 g/mol. The van der Waals surface area contributed by atoms with Crippen molar-refractivity contribution in [1.82, 2.24) is 10.3 Å². The van der Waals surface area contributed by atoms with Crippen molar-refractivity contribution >= 4 is 29.0 Å². The predicted molar refractivity (Wildman–Crippen MR) is 77.3 cm³/mol. The quantitative estimate of drug-likeness (QED) is 0.784. The molecule has 0 aromatic carbocycles. The molecule has 6 nitrogen and oxygen atoms in total. The lowest BCUT2D eigenvalue weighted by Crippen LogP contribution is -2.34. The lowest BCUT2D eigenvalue weighted by molar-refractivity contribution is -0.116. The molecule has 2 heterocycles. The molecule has 2 rings (SSSR count). The molecule has 1 unspecified atom stereocenters. The first-order chi connectivity index (χ1) is 9.65. The van der Waals surface area contributed by atoms with Crippen molar-refractivity contribution in [3.8, 4) is 0 Å². The van der Waals surface area contributed by atoms with E-state index in [9.17, 15) is 9.59 Å². The van der Waals surface area contributed by atoms with E-state index in [2.05, 4.69) is 15.6 Å². The molecule has 1 atom stereocenters. The van der Waals surface area contributed by atoms with E-state index < -0.39 is 12.1 Å². The Morgan fingerprint density at radius 3 is 2.80 bits per heavy atom. The zero-order valence-electron chi connectivity index (χ0n) is 10.6. The Hall–Kier alpha value is -2.41. The van der Waals surface area contributed by atoms with Crippen LogP contribution in [-0.2, 0) is 4.79 Å². The number of pyridine rings is 1. The number of carbonyl (C=O) groups is 2. The predicted octanol–water partition coefficient (Wildman–Crippen LogP) is 1.88. The summed E-state index contributed by atoms with van der Waals surface area (Å²) in [5.41, 5.74) is 5.75. The van der Waals surface area contributed by atoms with Gasteiger partial charge in [0.05, 0.1) is 24.3 Å². The van der Waals surface area contributed by atoms with Gasteiger partial charge < -0.3 is 16.4 Å². The molecule has 0 radical (unpaired) electrons. The largest absolute Gasteiger partial charge is 0.352 e. The van der Waals surface area contributed by atoms with Gasteiger partial charge in [0.15, 0.2) is 0 Å². The van der Waals surface area contributed by atoms with E-state index in [0.29, 0.717) is 5.69 Å². The number of nitrogens with two attached hydrogens (primary N) is 1. The molecule has 2 aromatic rings. The van der Waals surface area contributed by atoms with E-state index in [0.717, 1.165) is 4.88 Å². The third-order valence-corrected chi connectivity index (χ3v) is 3.52. The number of aromatic nitrogens is 1. The standard InChI is InChI=1S/C13H14N4O2S/c14-13(19)17-10(11-4-2-6-20-11)7-12(18)16-9-3-1-5-15-8-9/h1-6,8,10H,7H2,(H,16,18)(H3,14,17,19). The number of urea groups is 1. The molecule has 20 heavy (non-hydrogen) atoms. The van der Waals surface area contributed by atoms with Crippen LogP contribution in [-0.4, -0.2) is 16.9 Å². The Morgan fingerprint density at radius 2 is 2.20 bits per heavy atom. The van der Waals surface area contributed by atoms with Gasteiger partial charge in [-0.05, 0) is 23.6 Å². The summed E-state index contributed by atoms with van der Waals surface area (Å²) in [6.07, 6.45) is 3.29. The van der Waals surface area contributed by atoms with Gasteiger partial charge in [-0.3, -0.25) is 9.78 Å². The number of nitrogens with zero attached hydrogens (tertiary/aromatic N) is 1. The summed E-state index contributed by atoms with van der Waals surface area (Å²) >= 11 is 1.46. The molecule has 0 aliphatic rings. The van der Waals surface area contributed by atoms with Gasteiger partial charge >= 0.3 is 6.03 Å². The normalized spacial score (nSPS) is 11.6. The first kappa shape index (κ1) is 14.0. The third kappa shape index (κ3) is 4.06. The molecule has 2 aromatic heterocycles. The molecule has 0 spiro atoms. The minimum absolute atomic E-state index is 0.109. The molecule has 0 fully saturated rings. The summed E-state index contributed by atoms with van der Waals surface area (Å²) in [5, 5.41) is 7.17. The fraction of sp³-hybridized carbons (Fsp3) is 0.154. The number of anilines is 1. The van der Waals surface area contributed by atoms with Crippen LogP contribution in [0.5, 0.6) is 0 Å². The first-order valence-electron chi connectivity index (χ1n) is 5.94. The lowest BCUT2D eigenvalue weighted by atomic mass is 10.1. The maximum Gasteiger partial charge on any atom is 0.312 e. The zero-order valence-corrected chi connectivity index (χ0v) is 11.4. The van der Waals surface area contributed by atoms with Gasteiger partial charge in [-0.25, -0.2) is 4.79 Å². The van der Waals surface area contributed by atoms with Gasteiger partial charge in [0.1, 0.15) is 0 Å². The second-order valence-electron chi connectivity index (χ2n) is 4.07. The van der Waals surface area contributed by atoms with Crippen molar-refractivity contribution in [2.24, 2.45) is 5.73 Å². The molecule has 0 saturated carbocycles. The number of primary amides is 1. The molecule has 4 N–H and O–H groups in total. The third-order valence-electron chi connectivity index (χ3n) is 2.54. The van der Waals surface area contributed by atoms with Crippen molar-refractivity contribution in [1.29, 1.82) is 0 Å². The van der Waals surface area contributed by atoms with Crippen LogP contribution < -0.4 is 16.4 Å². The molecule has 0 aliphatic heterocycles. The van der Waals surface area contributed by atoms with Crippen LogP contribution in [0.3, 0.4) is 0 Å². The van der Waals surface area contributed by atoms with Crippen LogP contribution in [0.15, 0.2) is 42.0 Å². The first-order valence-corrected chi connectivity index (χ1v) is 6.82. The molecular weight excluding hydrogens is 276 g/mol. The van der Waals surface area contributed by atoms with E-state index in [1.165, 1.54) is 11.3 Å². The minimum atomic E-state index is -0.655. The number of nitrogens with one attached hydrogen (secondary N) is 2. The van der Waals surface area contributed by atoms with Crippen molar-refractivity contribution in [3.05, 3.63) is 46.9 Å². The second kappa shape index (κ2) is 6.67. The SMILES string of the molecule is NC(=O)NC(CC(=O)Nc1cccnc1)c1cccs1. The summed E-state index contributed by atoms with van der Waals surface area (Å²) in [5.74, 6) is -0.217. The molecular formula is C13H14N4O2S. The Bertz CT molecular complexity index is 571. The van der Waals surface area contributed by atoms with Crippen LogP contribution in [0, 0.1) is 0 Å². The van der Waals surface area contributed by atoms with E-state index in [1.54, 1.807) is 24.5 Å². The van der Waals surface area contributed by atoms with Gasteiger partial charge in [0, 0.05) is 11.1 Å². The Labute approximate surface area is 120 Å². The van der Waals surface area contributed by atoms with E-state index in [1.807, 2.05) is 17.5 Å². The molecule has 0 aliphatic carbocycles. The summed E-state index contributed by atoms with van der Waals surface area (Å²) < 4.78 is 0. The Balaban J connectivity index is 2.00. The maximum atomic E-state index is 12.0. The number of hydrogen-bond donors (Lipinski definition) is 3. The van der Waals surface area contributed by atoms with Gasteiger partial charge in [-0.15, -0.1) is 11.3 Å². The average Bonchev–Trinajstić information content (AvgIpc) is 2.92. The molecule has 7 heteroatoms. The summed E-state index contributed by atoms with van der Waals surface area (Å²) in [4.78, 5) is 27.8. The highest BCUT2D eigenvalue weighted by Gasteiger charge is 2.18. The van der Waals surface area contributed by atoms with Gasteiger partial charge in [-0.2, -0.15) is 0 Å². The van der Waals surface area contributed by atoms with Gasteiger partial charge in [0.25, 0.3) is 0 Å². The summed E-state index contributed by atoms with van der Waals surface area (Å²) in [7, 11) is 0. The van der Waals surface area contributed by atoms with Gasteiger partial charge in [-0.1, -0.05) is 6.07 Å². The van der Waals surface area contributed by atoms with E-state index in [4.69, 9.17) is 5.73 Å². The highest BCUT2D eigenvalue weighted by Crippen LogP contribution is 2.22. The van der Waals surface area contributed by atoms with Crippen molar-refractivity contribution in [2.75, 3.05) is 5.32 Å². The Morgan fingerprint density at radius 1 is 1.35 bits per heavy atom. The summed E-state index contributed by atoms with van der Waals surface area (Å²) in [6, 6.07) is 6.10. The van der Waals surface area contributed by atoms with Crippen LogP contribution >= 0.6 is 11.3 Å². The highest BCUT2D eigenvalue weighted by molar-refractivity contribution is 7.10. The minimum Gasteiger partial charge on any atom is -0.352 e. The van der Waals surface area contributed by atoms with Crippen molar-refractivity contribution < 1.29 is 9.59 Å². The lowest BCUT2D eigenvalue weighted by Gasteiger charge is -2.15. The molecule has 0 bridgehead atoms. The second-order valence-corrected chi connectivity index (χ2v) is 5.05. The van der Waals surface area contributed by atoms with Crippen molar-refractivity contribution in [3.63, 3.8) is 0 Å². The smallest absolute Gasteiger partial charge is 0.312 e. The number of amides is 3. The van der Waals surface area contributed by atoms with Gasteiger partial charge in [0.2, 0.25) is 5.91 Å². The maximum absolute atomic E-state index is 12.0. The number of rotatable bonds is 5. The fourth-order valence-corrected chi connectivity index (χ4v) is 2.50. The summed E-state index contributed by atoms with van der Waals surface area (Å²) in [6.45, 7) is 0. The highest BCUT2D eigenvalue weighted by atomic mass is 32.1. The molecule has 3 amide bonds. The fourth-order valence-electron chi connectivity index (χ4n) is 1.72. The van der Waals surface area contributed by atoms with Crippen LogP contribution in [0.1, 0.15) is 17.3 Å². The zero-order chi connectivity index (χ0) is 14.4. The molecule has 104 valence electrons. The molecule has 0 saturated heterocycles. The number of hydrogen-bond acceptors (Lipinski definition) is 4. The topological polar surface area (TPSA) is 97.1 Å². The number of thiophene rings is 1. The average molecular weight is 290 g/mol. The Kier molecular flexibility index (Phi) is 4.67. The van der Waals surface area contributed by atoms with Crippen LogP contribution in [0.25, 0.3) is 0 Å². The van der Waals surface area contributed by atoms with E-state index >= 15 is 0 Å².